The number of hydrogen-bond donors (Lipinski definition) is 1. The molecule has 4 heterocycles. The minimum atomic E-state index is -0.511. The van der Waals surface area contributed by atoms with Crippen molar-refractivity contribution < 1.29 is 8.78 Å². The van der Waals surface area contributed by atoms with Gasteiger partial charge in [0.05, 0.1) is 6.20 Å². The van der Waals surface area contributed by atoms with Gasteiger partial charge in [0, 0.05) is 68.8 Å². The van der Waals surface area contributed by atoms with Crippen molar-refractivity contribution >= 4 is 29.9 Å². The number of allylic oxidation sites excluding steroid dienone is 1. The number of fused-ring (bicyclic) bond motifs is 3. The van der Waals surface area contributed by atoms with Crippen LogP contribution in [0.4, 0.5) is 26.2 Å². The van der Waals surface area contributed by atoms with Gasteiger partial charge in [-0.05, 0) is 44.0 Å². The summed E-state index contributed by atoms with van der Waals surface area (Å²) in [6.07, 6.45) is 8.36. The van der Waals surface area contributed by atoms with E-state index in [1.807, 2.05) is 38.2 Å². The first-order valence-electron chi connectivity index (χ1n) is 11.8. The van der Waals surface area contributed by atoms with Crippen LogP contribution in [0.2, 0.25) is 0 Å². The van der Waals surface area contributed by atoms with Crippen molar-refractivity contribution in [2.24, 2.45) is 0 Å². The molecule has 36 heavy (non-hydrogen) atoms. The number of nitrogens with zero attached hydrogens (tertiary/aromatic N) is 7. The third-order valence-corrected chi connectivity index (χ3v) is 6.84. The van der Waals surface area contributed by atoms with Gasteiger partial charge in [0.1, 0.15) is 17.5 Å². The standard InChI is InChI=1S/C25H30F2N8.ClH/c1-16-17(14-29-35(16)24-13-23(32(2)3)30-25(28)31-24)5-4-8-33-9-10-34-19(15-33)6-7-20-21(27)11-18(26)12-22(20)34;/h4,8,11-14,19H,5-7,9-10,15H2,1-3H3,(H2,28,30,31);1H. The summed E-state index contributed by atoms with van der Waals surface area (Å²) in [4.78, 5) is 14.9. The highest BCUT2D eigenvalue weighted by Crippen LogP contribution is 2.35. The zero-order valence-electron chi connectivity index (χ0n) is 20.7. The van der Waals surface area contributed by atoms with Crippen LogP contribution in [0.25, 0.3) is 5.82 Å². The van der Waals surface area contributed by atoms with Crippen LogP contribution >= 0.6 is 12.4 Å². The lowest BCUT2D eigenvalue weighted by Crippen LogP contribution is -2.53. The van der Waals surface area contributed by atoms with Crippen LogP contribution in [0.3, 0.4) is 0 Å². The maximum atomic E-state index is 14.2. The first-order chi connectivity index (χ1) is 16.8. The van der Waals surface area contributed by atoms with E-state index < -0.39 is 11.6 Å². The van der Waals surface area contributed by atoms with E-state index in [9.17, 15) is 8.78 Å². The molecule has 2 aromatic heterocycles. The Balaban J connectivity index is 0.00000304. The number of anilines is 3. The van der Waals surface area contributed by atoms with Crippen molar-refractivity contribution in [2.45, 2.75) is 32.2 Å². The number of piperazine rings is 1. The molecule has 0 aliphatic carbocycles. The van der Waals surface area contributed by atoms with Crippen molar-refractivity contribution in [2.75, 3.05) is 49.3 Å². The molecular weight excluding hydrogens is 486 g/mol. The second-order valence-corrected chi connectivity index (χ2v) is 9.36. The van der Waals surface area contributed by atoms with Gasteiger partial charge in [-0.1, -0.05) is 6.08 Å². The Hall–Kier alpha value is -3.40. The van der Waals surface area contributed by atoms with E-state index in [-0.39, 0.29) is 24.4 Å². The van der Waals surface area contributed by atoms with E-state index in [0.29, 0.717) is 23.5 Å². The van der Waals surface area contributed by atoms with Crippen LogP contribution in [0.5, 0.6) is 0 Å². The normalized spacial score (nSPS) is 17.1. The number of hydrogen-bond acceptors (Lipinski definition) is 7. The lowest BCUT2D eigenvalue weighted by Gasteiger charge is -2.46. The monoisotopic (exact) mass is 516 g/mol. The number of rotatable bonds is 5. The van der Waals surface area contributed by atoms with E-state index in [0.717, 1.165) is 55.6 Å². The molecule has 1 unspecified atom stereocenters. The number of aromatic nitrogens is 4. The molecule has 2 aliphatic rings. The molecule has 1 atom stereocenters. The smallest absolute Gasteiger partial charge is 0.224 e. The van der Waals surface area contributed by atoms with Gasteiger partial charge in [0.15, 0.2) is 5.82 Å². The molecule has 1 fully saturated rings. The Bertz CT molecular complexity index is 1280. The minimum absolute atomic E-state index is 0. The van der Waals surface area contributed by atoms with Crippen LogP contribution in [-0.2, 0) is 12.8 Å². The van der Waals surface area contributed by atoms with Crippen molar-refractivity contribution in [3.05, 3.63) is 65.1 Å². The summed E-state index contributed by atoms with van der Waals surface area (Å²) in [5.74, 6) is 0.619. The maximum Gasteiger partial charge on any atom is 0.224 e. The highest BCUT2D eigenvalue weighted by atomic mass is 35.5. The Kier molecular flexibility index (Phi) is 7.35. The summed E-state index contributed by atoms with van der Waals surface area (Å²) in [5.41, 5.74) is 9.35. The Morgan fingerprint density at radius 2 is 1.97 bits per heavy atom. The van der Waals surface area contributed by atoms with Crippen LogP contribution in [-0.4, -0.2) is 64.4 Å². The van der Waals surface area contributed by atoms with Gasteiger partial charge in [-0.25, -0.2) is 13.5 Å². The van der Waals surface area contributed by atoms with Crippen molar-refractivity contribution in [3.8, 4) is 5.82 Å². The number of nitrogens with two attached hydrogens (primary N) is 1. The summed E-state index contributed by atoms with van der Waals surface area (Å²) in [7, 11) is 3.81. The van der Waals surface area contributed by atoms with Gasteiger partial charge in [0.25, 0.3) is 0 Å². The molecular formula is C25H31ClF2N8. The van der Waals surface area contributed by atoms with Crippen molar-refractivity contribution in [1.29, 1.82) is 0 Å². The molecule has 0 amide bonds. The second-order valence-electron chi connectivity index (χ2n) is 9.36. The molecule has 0 saturated carbocycles. The SMILES string of the molecule is Cc1c(CC=CN2CCN3c4cc(F)cc(F)c4CCC3C2)cnn1-c1cc(N(C)C)nc(N)n1.Cl. The van der Waals surface area contributed by atoms with Gasteiger partial charge < -0.3 is 20.4 Å². The van der Waals surface area contributed by atoms with E-state index >= 15 is 0 Å². The first kappa shape index (κ1) is 25.7. The third-order valence-electron chi connectivity index (χ3n) is 6.84. The fourth-order valence-corrected chi connectivity index (χ4v) is 4.96. The van der Waals surface area contributed by atoms with Gasteiger partial charge >= 0.3 is 0 Å². The molecule has 0 bridgehead atoms. The predicted molar refractivity (Wildman–Crippen MR) is 140 cm³/mol. The van der Waals surface area contributed by atoms with E-state index in [2.05, 4.69) is 37.1 Å². The Morgan fingerprint density at radius 3 is 2.75 bits per heavy atom. The quantitative estimate of drug-likeness (QED) is 0.556. The van der Waals surface area contributed by atoms with E-state index in [1.54, 1.807) is 4.68 Å². The minimum Gasteiger partial charge on any atom is -0.374 e. The number of nitrogen functional groups attached to an aromatic ring is 1. The summed E-state index contributed by atoms with van der Waals surface area (Å²) in [6, 6.07) is 4.57. The molecule has 2 N–H and O–H groups in total. The maximum absolute atomic E-state index is 14.2. The molecule has 8 nitrogen and oxygen atoms in total. The van der Waals surface area contributed by atoms with Gasteiger partial charge in [-0.2, -0.15) is 15.1 Å². The van der Waals surface area contributed by atoms with Crippen molar-refractivity contribution in [3.63, 3.8) is 0 Å². The van der Waals surface area contributed by atoms with Crippen LogP contribution in [0.1, 0.15) is 23.2 Å². The lowest BCUT2D eigenvalue weighted by molar-refractivity contribution is 0.281. The largest absolute Gasteiger partial charge is 0.374 e. The summed E-state index contributed by atoms with van der Waals surface area (Å²) in [6.45, 7) is 4.39. The first-order valence-corrected chi connectivity index (χ1v) is 11.8. The molecule has 192 valence electrons. The summed E-state index contributed by atoms with van der Waals surface area (Å²) < 4.78 is 29.8. The average Bonchev–Trinajstić information content (AvgIpc) is 3.18. The Labute approximate surface area is 215 Å². The number of halogens is 3. The summed E-state index contributed by atoms with van der Waals surface area (Å²) >= 11 is 0. The number of benzene rings is 1. The molecule has 1 saturated heterocycles. The highest BCUT2D eigenvalue weighted by Gasteiger charge is 2.32. The van der Waals surface area contributed by atoms with E-state index in [1.165, 1.54) is 6.07 Å². The van der Waals surface area contributed by atoms with Crippen LogP contribution < -0.4 is 15.5 Å². The lowest BCUT2D eigenvalue weighted by atomic mass is 9.93. The zero-order chi connectivity index (χ0) is 24.7. The fraction of sp³-hybridized carbons (Fsp3) is 0.400. The van der Waals surface area contributed by atoms with Crippen molar-refractivity contribution in [1.82, 2.24) is 24.6 Å². The second kappa shape index (κ2) is 10.3. The molecule has 1 aromatic carbocycles. The highest BCUT2D eigenvalue weighted by molar-refractivity contribution is 5.85. The molecule has 2 aliphatic heterocycles. The molecule has 3 aromatic rings. The Morgan fingerprint density at radius 1 is 1.17 bits per heavy atom. The van der Waals surface area contributed by atoms with Gasteiger partial charge in [-0.15, -0.1) is 12.4 Å². The zero-order valence-corrected chi connectivity index (χ0v) is 21.5. The third kappa shape index (κ3) is 4.95. The molecule has 5 rings (SSSR count). The average molecular weight is 517 g/mol. The fourth-order valence-electron chi connectivity index (χ4n) is 4.96. The molecule has 0 spiro atoms. The van der Waals surface area contributed by atoms with Crippen LogP contribution in [0, 0.1) is 18.6 Å². The van der Waals surface area contributed by atoms with Crippen LogP contribution in [0.15, 0.2) is 36.7 Å². The van der Waals surface area contributed by atoms with Gasteiger partial charge in [0.2, 0.25) is 5.95 Å². The molecule has 0 radical (unpaired) electrons. The van der Waals surface area contributed by atoms with E-state index in [4.69, 9.17) is 5.73 Å². The topological polar surface area (TPSA) is 79.3 Å². The van der Waals surface area contributed by atoms with Gasteiger partial charge in [-0.3, -0.25) is 0 Å². The summed E-state index contributed by atoms with van der Waals surface area (Å²) in [5, 5.41) is 4.52. The predicted octanol–water partition coefficient (Wildman–Crippen LogP) is 3.51. The molecule has 11 heteroatoms.